The predicted octanol–water partition coefficient (Wildman–Crippen LogP) is 1.10. The lowest BCUT2D eigenvalue weighted by Crippen LogP contribution is -2.31. The molecule has 0 aliphatic carbocycles. The molecule has 2 rings (SSSR count). The van der Waals surface area contributed by atoms with Crippen LogP contribution < -0.4 is 10.6 Å². The van der Waals surface area contributed by atoms with Gasteiger partial charge in [-0.25, -0.2) is 4.98 Å². The Morgan fingerprint density at radius 3 is 2.95 bits per heavy atom. The van der Waals surface area contributed by atoms with Gasteiger partial charge in [0.15, 0.2) is 0 Å². The van der Waals surface area contributed by atoms with Crippen molar-refractivity contribution in [1.29, 1.82) is 0 Å². The summed E-state index contributed by atoms with van der Waals surface area (Å²) >= 11 is 0. The maximum Gasteiger partial charge on any atom is 0.216 e. The highest BCUT2D eigenvalue weighted by atomic mass is 16.1. The molecule has 1 atom stereocenters. The average Bonchev–Trinajstić information content (AvgIpc) is 2.68. The van der Waals surface area contributed by atoms with E-state index in [1.807, 2.05) is 0 Å². The van der Waals surface area contributed by atoms with E-state index < -0.39 is 0 Å². The summed E-state index contributed by atoms with van der Waals surface area (Å²) in [5.41, 5.74) is 2.31. The Bertz CT molecular complexity index is 447. The number of imidazole rings is 1. The molecule has 0 radical (unpaired) electrons. The third kappa shape index (κ3) is 3.35. The molecule has 106 valence electrons. The van der Waals surface area contributed by atoms with E-state index >= 15 is 0 Å². The second-order valence-corrected chi connectivity index (χ2v) is 5.32. The van der Waals surface area contributed by atoms with Gasteiger partial charge in [0.1, 0.15) is 5.82 Å². The van der Waals surface area contributed by atoms with Crippen molar-refractivity contribution in [2.45, 2.75) is 46.1 Å². The van der Waals surface area contributed by atoms with Crippen molar-refractivity contribution in [1.82, 2.24) is 20.2 Å². The molecule has 5 nitrogen and oxygen atoms in total. The standard InChI is InChI=1S/C14H24N4O/c1-10-11(2)18(8-7-16-12(3)19)14(17-10)13-5-4-6-15-9-13/h13,15H,4-9H2,1-3H3,(H,16,19). The third-order valence-corrected chi connectivity index (χ3v) is 3.86. The molecule has 1 aromatic rings. The molecule has 0 saturated carbocycles. The Morgan fingerprint density at radius 1 is 1.53 bits per heavy atom. The molecule has 2 heterocycles. The van der Waals surface area contributed by atoms with E-state index in [0.717, 1.165) is 25.3 Å². The topological polar surface area (TPSA) is 59.0 Å². The lowest BCUT2D eigenvalue weighted by Gasteiger charge is -2.23. The molecule has 19 heavy (non-hydrogen) atoms. The molecule has 0 spiro atoms. The van der Waals surface area contributed by atoms with E-state index in [1.165, 1.54) is 24.4 Å². The highest BCUT2D eigenvalue weighted by Crippen LogP contribution is 2.24. The summed E-state index contributed by atoms with van der Waals surface area (Å²) in [6.07, 6.45) is 2.41. The van der Waals surface area contributed by atoms with E-state index in [1.54, 1.807) is 6.92 Å². The second-order valence-electron chi connectivity index (χ2n) is 5.32. The first-order valence-electron chi connectivity index (χ1n) is 7.08. The van der Waals surface area contributed by atoms with Crippen LogP contribution in [0.25, 0.3) is 0 Å². The Balaban J connectivity index is 2.12. The van der Waals surface area contributed by atoms with Crippen LogP contribution in [0.3, 0.4) is 0 Å². The largest absolute Gasteiger partial charge is 0.355 e. The fraction of sp³-hybridized carbons (Fsp3) is 0.714. The summed E-state index contributed by atoms with van der Waals surface area (Å²) in [6.45, 7) is 9.31. The van der Waals surface area contributed by atoms with Crippen molar-refractivity contribution in [3.05, 3.63) is 17.2 Å². The molecular formula is C14H24N4O. The van der Waals surface area contributed by atoms with Gasteiger partial charge in [-0.1, -0.05) is 0 Å². The highest BCUT2D eigenvalue weighted by molar-refractivity contribution is 5.72. The van der Waals surface area contributed by atoms with Gasteiger partial charge in [-0.15, -0.1) is 0 Å². The molecule has 0 aromatic carbocycles. The lowest BCUT2D eigenvalue weighted by molar-refractivity contribution is -0.118. The van der Waals surface area contributed by atoms with Gasteiger partial charge in [0.05, 0.1) is 5.69 Å². The Labute approximate surface area is 114 Å². The fourth-order valence-corrected chi connectivity index (χ4v) is 2.69. The first kappa shape index (κ1) is 14.1. The molecule has 1 aliphatic rings. The number of aryl methyl sites for hydroxylation is 1. The molecule has 1 fully saturated rings. The normalized spacial score (nSPS) is 19.4. The van der Waals surface area contributed by atoms with E-state index in [0.29, 0.717) is 12.5 Å². The number of hydrogen-bond donors (Lipinski definition) is 2. The zero-order valence-corrected chi connectivity index (χ0v) is 12.1. The summed E-state index contributed by atoms with van der Waals surface area (Å²) in [5.74, 6) is 1.70. The average molecular weight is 264 g/mol. The third-order valence-electron chi connectivity index (χ3n) is 3.86. The van der Waals surface area contributed by atoms with Gasteiger partial charge >= 0.3 is 0 Å². The van der Waals surface area contributed by atoms with Crippen LogP contribution in [-0.4, -0.2) is 35.1 Å². The summed E-state index contributed by atoms with van der Waals surface area (Å²) in [4.78, 5) is 15.7. The van der Waals surface area contributed by atoms with Crippen molar-refractivity contribution in [2.75, 3.05) is 19.6 Å². The molecule has 1 saturated heterocycles. The number of carbonyl (C=O) groups excluding carboxylic acids is 1. The lowest BCUT2D eigenvalue weighted by atomic mass is 9.99. The van der Waals surface area contributed by atoms with Gasteiger partial charge in [0.2, 0.25) is 5.91 Å². The monoisotopic (exact) mass is 264 g/mol. The summed E-state index contributed by atoms with van der Waals surface area (Å²) in [5, 5.41) is 6.30. The molecule has 1 aliphatic heterocycles. The number of amides is 1. The van der Waals surface area contributed by atoms with Crippen LogP contribution >= 0.6 is 0 Å². The number of hydrogen-bond acceptors (Lipinski definition) is 3. The van der Waals surface area contributed by atoms with Crippen molar-refractivity contribution in [3.63, 3.8) is 0 Å². The highest BCUT2D eigenvalue weighted by Gasteiger charge is 2.22. The van der Waals surface area contributed by atoms with E-state index in [4.69, 9.17) is 4.98 Å². The number of piperidine rings is 1. The fourth-order valence-electron chi connectivity index (χ4n) is 2.69. The molecule has 1 amide bonds. The van der Waals surface area contributed by atoms with E-state index in [2.05, 4.69) is 29.0 Å². The Morgan fingerprint density at radius 2 is 2.32 bits per heavy atom. The quantitative estimate of drug-likeness (QED) is 0.856. The summed E-state index contributed by atoms with van der Waals surface area (Å²) in [7, 11) is 0. The van der Waals surface area contributed by atoms with Crippen molar-refractivity contribution >= 4 is 5.91 Å². The Kier molecular flexibility index (Phi) is 4.58. The zero-order valence-electron chi connectivity index (χ0n) is 12.1. The number of nitrogens with zero attached hydrogens (tertiary/aromatic N) is 2. The number of aromatic nitrogens is 2. The van der Waals surface area contributed by atoms with Crippen molar-refractivity contribution in [3.8, 4) is 0 Å². The van der Waals surface area contributed by atoms with E-state index in [-0.39, 0.29) is 5.91 Å². The number of carbonyl (C=O) groups is 1. The molecule has 1 unspecified atom stereocenters. The van der Waals surface area contributed by atoms with Gasteiger partial charge in [-0.05, 0) is 33.2 Å². The van der Waals surface area contributed by atoms with Crippen molar-refractivity contribution < 1.29 is 4.79 Å². The van der Waals surface area contributed by atoms with Gasteiger partial charge < -0.3 is 15.2 Å². The van der Waals surface area contributed by atoms with E-state index in [9.17, 15) is 4.79 Å². The minimum Gasteiger partial charge on any atom is -0.355 e. The van der Waals surface area contributed by atoms with Gasteiger partial charge in [-0.3, -0.25) is 4.79 Å². The predicted molar refractivity (Wildman–Crippen MR) is 75.2 cm³/mol. The zero-order chi connectivity index (χ0) is 13.8. The van der Waals surface area contributed by atoms with Crippen LogP contribution in [0.2, 0.25) is 0 Å². The molecule has 2 N–H and O–H groups in total. The minimum absolute atomic E-state index is 0.0235. The SMILES string of the molecule is CC(=O)NCCn1c(C2CCCNC2)nc(C)c1C. The molecular weight excluding hydrogens is 240 g/mol. The Hall–Kier alpha value is -1.36. The van der Waals surface area contributed by atoms with Crippen molar-refractivity contribution in [2.24, 2.45) is 0 Å². The smallest absolute Gasteiger partial charge is 0.216 e. The maximum absolute atomic E-state index is 11.0. The van der Waals surface area contributed by atoms with Crippen LogP contribution in [0.1, 0.15) is 42.9 Å². The van der Waals surface area contributed by atoms with Crippen LogP contribution in [0, 0.1) is 13.8 Å². The maximum atomic E-state index is 11.0. The van der Waals surface area contributed by atoms with Crippen LogP contribution in [0.5, 0.6) is 0 Å². The van der Waals surface area contributed by atoms with Crippen LogP contribution in [0.4, 0.5) is 0 Å². The first-order chi connectivity index (χ1) is 9.09. The van der Waals surface area contributed by atoms with Crippen LogP contribution in [0.15, 0.2) is 0 Å². The molecule has 5 heteroatoms. The number of nitrogens with one attached hydrogen (secondary N) is 2. The number of rotatable bonds is 4. The van der Waals surface area contributed by atoms with Gasteiger partial charge in [0.25, 0.3) is 0 Å². The van der Waals surface area contributed by atoms with Crippen LogP contribution in [-0.2, 0) is 11.3 Å². The molecule has 0 bridgehead atoms. The first-order valence-corrected chi connectivity index (χ1v) is 7.08. The molecule has 1 aromatic heterocycles. The second kappa shape index (κ2) is 6.19. The minimum atomic E-state index is 0.0235. The summed E-state index contributed by atoms with van der Waals surface area (Å²) < 4.78 is 2.27. The van der Waals surface area contributed by atoms with Gasteiger partial charge in [0, 0.05) is 38.2 Å². The summed E-state index contributed by atoms with van der Waals surface area (Å²) in [6, 6.07) is 0. The van der Waals surface area contributed by atoms with Gasteiger partial charge in [-0.2, -0.15) is 0 Å².